The van der Waals surface area contributed by atoms with Crippen molar-refractivity contribution in [1.82, 2.24) is 10.6 Å². The standard InChI is InChI=1S/C9H16N2O5/c1-5(12)3-7(13)11-6(2)9(16)10-4-8(14)15/h5-6,12H,3-4H2,1-2H3,(H,10,16)(H,11,13)(H,14,15). The Balaban J connectivity index is 3.95. The summed E-state index contributed by atoms with van der Waals surface area (Å²) in [5.41, 5.74) is 0. The molecule has 0 aromatic carbocycles. The molecule has 16 heavy (non-hydrogen) atoms. The maximum absolute atomic E-state index is 11.2. The Hall–Kier alpha value is -1.63. The lowest BCUT2D eigenvalue weighted by Gasteiger charge is -2.13. The lowest BCUT2D eigenvalue weighted by molar-refractivity contribution is -0.138. The first-order chi connectivity index (χ1) is 7.32. The molecule has 0 bridgehead atoms. The number of aliphatic hydroxyl groups is 1. The van der Waals surface area contributed by atoms with Crippen molar-refractivity contribution in [3.05, 3.63) is 0 Å². The number of rotatable bonds is 6. The van der Waals surface area contributed by atoms with E-state index in [2.05, 4.69) is 10.6 Å². The van der Waals surface area contributed by atoms with Gasteiger partial charge in [-0.25, -0.2) is 0 Å². The summed E-state index contributed by atoms with van der Waals surface area (Å²) in [4.78, 5) is 32.5. The molecule has 0 spiro atoms. The SMILES string of the molecule is CC(O)CC(=O)NC(C)C(=O)NCC(=O)O. The lowest BCUT2D eigenvalue weighted by Crippen LogP contribution is -2.46. The normalized spacial score (nSPS) is 13.7. The number of carboxylic acid groups (broad SMARTS) is 1. The van der Waals surface area contributed by atoms with Crippen molar-refractivity contribution in [1.29, 1.82) is 0 Å². The second-order valence-corrected chi connectivity index (χ2v) is 3.45. The zero-order valence-corrected chi connectivity index (χ0v) is 9.19. The number of nitrogens with one attached hydrogen (secondary N) is 2. The van der Waals surface area contributed by atoms with Crippen molar-refractivity contribution >= 4 is 17.8 Å². The predicted molar refractivity (Wildman–Crippen MR) is 54.5 cm³/mol. The van der Waals surface area contributed by atoms with E-state index in [1.807, 2.05) is 0 Å². The van der Waals surface area contributed by atoms with Gasteiger partial charge in [0.1, 0.15) is 12.6 Å². The summed E-state index contributed by atoms with van der Waals surface area (Å²) in [6.07, 6.45) is -0.884. The fourth-order valence-electron chi connectivity index (χ4n) is 0.950. The number of aliphatic carboxylic acids is 1. The summed E-state index contributed by atoms with van der Waals surface area (Å²) in [5.74, 6) is -2.20. The van der Waals surface area contributed by atoms with Gasteiger partial charge < -0.3 is 20.8 Å². The number of aliphatic hydroxyl groups excluding tert-OH is 1. The lowest BCUT2D eigenvalue weighted by atomic mass is 10.2. The highest BCUT2D eigenvalue weighted by molar-refractivity contribution is 5.89. The van der Waals surface area contributed by atoms with Gasteiger partial charge in [0.05, 0.1) is 12.5 Å². The molecular formula is C9H16N2O5. The maximum Gasteiger partial charge on any atom is 0.322 e. The van der Waals surface area contributed by atoms with Crippen LogP contribution in [0.15, 0.2) is 0 Å². The van der Waals surface area contributed by atoms with Crippen LogP contribution in [0.4, 0.5) is 0 Å². The topological polar surface area (TPSA) is 116 Å². The van der Waals surface area contributed by atoms with E-state index in [1.54, 1.807) is 0 Å². The molecular weight excluding hydrogens is 216 g/mol. The van der Waals surface area contributed by atoms with Gasteiger partial charge in [-0.1, -0.05) is 0 Å². The van der Waals surface area contributed by atoms with E-state index in [-0.39, 0.29) is 6.42 Å². The Morgan fingerprint density at radius 3 is 2.25 bits per heavy atom. The quantitative estimate of drug-likeness (QED) is 0.443. The molecule has 0 aliphatic rings. The largest absolute Gasteiger partial charge is 0.480 e. The van der Waals surface area contributed by atoms with Gasteiger partial charge in [0.25, 0.3) is 0 Å². The van der Waals surface area contributed by atoms with Crippen LogP contribution in [-0.4, -0.2) is 46.7 Å². The molecule has 7 heteroatoms. The van der Waals surface area contributed by atoms with Gasteiger partial charge in [-0.2, -0.15) is 0 Å². The molecule has 0 fully saturated rings. The molecule has 0 rings (SSSR count). The number of carboxylic acids is 1. The van der Waals surface area contributed by atoms with Gasteiger partial charge in [-0.3, -0.25) is 14.4 Å². The Labute approximate surface area is 92.8 Å². The first kappa shape index (κ1) is 14.4. The number of hydrogen-bond donors (Lipinski definition) is 4. The van der Waals surface area contributed by atoms with E-state index in [9.17, 15) is 14.4 Å². The smallest absolute Gasteiger partial charge is 0.322 e. The Bertz CT molecular complexity index is 277. The molecule has 0 aliphatic heterocycles. The van der Waals surface area contributed by atoms with E-state index >= 15 is 0 Å². The van der Waals surface area contributed by atoms with Crippen molar-refractivity contribution in [2.24, 2.45) is 0 Å². The fraction of sp³-hybridized carbons (Fsp3) is 0.667. The summed E-state index contributed by atoms with van der Waals surface area (Å²) in [6, 6.07) is -0.828. The monoisotopic (exact) mass is 232 g/mol. The first-order valence-electron chi connectivity index (χ1n) is 4.80. The third-order valence-corrected chi connectivity index (χ3v) is 1.67. The maximum atomic E-state index is 11.2. The molecule has 0 aromatic heterocycles. The molecule has 0 saturated heterocycles. The van der Waals surface area contributed by atoms with Crippen molar-refractivity contribution in [3.63, 3.8) is 0 Å². The average Bonchev–Trinajstić information content (AvgIpc) is 2.12. The van der Waals surface area contributed by atoms with Crippen LogP contribution in [0.5, 0.6) is 0 Å². The number of carbonyl (C=O) groups excluding carboxylic acids is 2. The van der Waals surface area contributed by atoms with Crippen LogP contribution in [0.25, 0.3) is 0 Å². The molecule has 0 aliphatic carbocycles. The van der Waals surface area contributed by atoms with Gasteiger partial charge >= 0.3 is 5.97 Å². The van der Waals surface area contributed by atoms with Crippen LogP contribution >= 0.6 is 0 Å². The predicted octanol–water partition coefficient (Wildman–Crippen LogP) is -1.54. The van der Waals surface area contributed by atoms with Gasteiger partial charge in [0, 0.05) is 0 Å². The molecule has 0 aromatic rings. The summed E-state index contributed by atoms with van der Waals surface area (Å²) >= 11 is 0. The van der Waals surface area contributed by atoms with Crippen molar-refractivity contribution in [3.8, 4) is 0 Å². The third kappa shape index (κ3) is 6.77. The molecule has 2 unspecified atom stereocenters. The number of hydrogen-bond acceptors (Lipinski definition) is 4. The van der Waals surface area contributed by atoms with Crippen LogP contribution < -0.4 is 10.6 Å². The van der Waals surface area contributed by atoms with Gasteiger partial charge in [-0.05, 0) is 13.8 Å². The van der Waals surface area contributed by atoms with Gasteiger partial charge in [0.2, 0.25) is 11.8 Å². The van der Waals surface area contributed by atoms with Gasteiger partial charge in [-0.15, -0.1) is 0 Å². The molecule has 0 radical (unpaired) electrons. The molecule has 4 N–H and O–H groups in total. The van der Waals surface area contributed by atoms with Crippen LogP contribution in [0.2, 0.25) is 0 Å². The summed E-state index contributed by atoms with van der Waals surface area (Å²) < 4.78 is 0. The van der Waals surface area contributed by atoms with E-state index in [4.69, 9.17) is 10.2 Å². The first-order valence-corrected chi connectivity index (χ1v) is 4.80. The van der Waals surface area contributed by atoms with Crippen molar-refractivity contribution in [2.45, 2.75) is 32.4 Å². The Morgan fingerprint density at radius 1 is 1.25 bits per heavy atom. The molecule has 2 amide bonds. The Kier molecular flexibility index (Phi) is 6.09. The fourth-order valence-corrected chi connectivity index (χ4v) is 0.950. The highest BCUT2D eigenvalue weighted by Gasteiger charge is 2.16. The second-order valence-electron chi connectivity index (χ2n) is 3.45. The van der Waals surface area contributed by atoms with E-state index in [0.29, 0.717) is 0 Å². The summed E-state index contributed by atoms with van der Waals surface area (Å²) in [7, 11) is 0. The number of carbonyl (C=O) groups is 3. The molecule has 0 saturated carbocycles. The van der Waals surface area contributed by atoms with Crippen LogP contribution in [0.1, 0.15) is 20.3 Å². The zero-order valence-electron chi connectivity index (χ0n) is 9.19. The minimum Gasteiger partial charge on any atom is -0.480 e. The van der Waals surface area contributed by atoms with E-state index in [1.165, 1.54) is 13.8 Å². The summed E-state index contributed by atoms with van der Waals surface area (Å²) in [6.45, 7) is 2.39. The molecule has 2 atom stereocenters. The van der Waals surface area contributed by atoms with Crippen molar-refractivity contribution < 1.29 is 24.6 Å². The van der Waals surface area contributed by atoms with Gasteiger partial charge in [0.15, 0.2) is 0 Å². The third-order valence-electron chi connectivity index (χ3n) is 1.67. The number of amides is 2. The van der Waals surface area contributed by atoms with Crippen LogP contribution in [0.3, 0.4) is 0 Å². The van der Waals surface area contributed by atoms with Crippen LogP contribution in [-0.2, 0) is 14.4 Å². The van der Waals surface area contributed by atoms with Crippen LogP contribution in [0, 0.1) is 0 Å². The van der Waals surface area contributed by atoms with E-state index < -0.39 is 36.5 Å². The highest BCUT2D eigenvalue weighted by atomic mass is 16.4. The highest BCUT2D eigenvalue weighted by Crippen LogP contribution is 1.91. The molecule has 7 nitrogen and oxygen atoms in total. The minimum absolute atomic E-state index is 0.101. The average molecular weight is 232 g/mol. The zero-order chi connectivity index (χ0) is 12.7. The molecule has 92 valence electrons. The van der Waals surface area contributed by atoms with E-state index in [0.717, 1.165) is 0 Å². The Morgan fingerprint density at radius 2 is 1.81 bits per heavy atom. The second kappa shape index (κ2) is 6.78. The minimum atomic E-state index is -1.16. The summed E-state index contributed by atoms with van der Waals surface area (Å²) in [5, 5.41) is 21.7. The van der Waals surface area contributed by atoms with Crippen molar-refractivity contribution in [2.75, 3.05) is 6.54 Å². The molecule has 0 heterocycles.